The number of pyridine rings is 1. The number of rotatable bonds is 9. The third-order valence-corrected chi connectivity index (χ3v) is 10.6. The molecule has 2 aliphatic heterocycles. The Morgan fingerprint density at radius 2 is 1.61 bits per heavy atom. The molecule has 10 nitrogen and oxygen atoms in total. The Morgan fingerprint density at radius 1 is 0.860 bits per heavy atom. The highest BCUT2D eigenvalue weighted by Gasteiger charge is 2.32. The van der Waals surface area contributed by atoms with Gasteiger partial charge in [-0.3, -0.25) is 9.20 Å². The van der Waals surface area contributed by atoms with Crippen molar-refractivity contribution in [1.82, 2.24) is 24.3 Å². The molecule has 6 aromatic rings. The zero-order chi connectivity index (χ0) is 39.7. The summed E-state index contributed by atoms with van der Waals surface area (Å²) in [6, 6.07) is 19.3. The molecule has 2 N–H and O–H groups in total. The first-order chi connectivity index (χ1) is 27.6. The average molecular weight is 783 g/mol. The number of likely N-dealkylation sites (tertiary alicyclic amines) is 1. The van der Waals surface area contributed by atoms with Crippen molar-refractivity contribution in [2.45, 2.75) is 44.3 Å². The number of alkyl halides is 3. The zero-order valence-electron chi connectivity index (χ0n) is 31.0. The summed E-state index contributed by atoms with van der Waals surface area (Å²) < 4.78 is 77.4. The SMILES string of the molecule is COc1cc(N2CCC(N3CCCCC3)CC2)ccc1Nc1nccc(-c2c(-c3cccc(C(=O)Nc4c(F)cccc4F)c3)nc3cc(C(F)(F)F)ccn23)n1. The maximum Gasteiger partial charge on any atom is 0.416 e. The van der Waals surface area contributed by atoms with Crippen LogP contribution in [0.4, 0.5) is 45.0 Å². The van der Waals surface area contributed by atoms with Crippen molar-refractivity contribution in [3.63, 3.8) is 0 Å². The van der Waals surface area contributed by atoms with E-state index >= 15 is 0 Å². The minimum Gasteiger partial charge on any atom is -0.494 e. The van der Waals surface area contributed by atoms with Crippen LogP contribution in [0.1, 0.15) is 48.0 Å². The Morgan fingerprint density at radius 3 is 2.35 bits per heavy atom. The first-order valence-corrected chi connectivity index (χ1v) is 18.8. The number of aromatic nitrogens is 4. The molecule has 0 radical (unpaired) electrons. The first kappa shape index (κ1) is 37.8. The fraction of sp³-hybridized carbons (Fsp3) is 0.286. The van der Waals surface area contributed by atoms with Gasteiger partial charge in [0.15, 0.2) is 0 Å². The minimum absolute atomic E-state index is 0.0246. The summed E-state index contributed by atoms with van der Waals surface area (Å²) in [6.45, 7) is 4.28. The average Bonchev–Trinajstić information content (AvgIpc) is 3.62. The summed E-state index contributed by atoms with van der Waals surface area (Å²) in [7, 11) is 1.59. The number of benzene rings is 3. The van der Waals surface area contributed by atoms with Crippen molar-refractivity contribution in [1.29, 1.82) is 0 Å². The molecule has 0 aliphatic carbocycles. The third kappa shape index (κ3) is 7.97. The molecule has 2 aliphatic rings. The van der Waals surface area contributed by atoms with Gasteiger partial charge < -0.3 is 25.2 Å². The van der Waals surface area contributed by atoms with E-state index < -0.39 is 35.0 Å². The summed E-state index contributed by atoms with van der Waals surface area (Å²) in [5.41, 5.74) is 1.33. The van der Waals surface area contributed by atoms with Gasteiger partial charge in [0.25, 0.3) is 5.91 Å². The van der Waals surface area contributed by atoms with Gasteiger partial charge in [-0.25, -0.2) is 23.7 Å². The summed E-state index contributed by atoms with van der Waals surface area (Å²) >= 11 is 0. The standard InChI is InChI=1S/C42H39F5N8O2/c1-57-35-25-30(54-20-15-29(16-21-54)53-18-3-2-4-19-53)11-12-33(35)49-41-48-17-13-34(50-41)39-37(51-36-24-28(42(45,46)47)14-22-55(36)39)26-7-5-8-27(23-26)40(56)52-38-31(43)9-6-10-32(38)44/h5-14,17,22-25,29H,2-4,15-16,18-21H2,1H3,(H,52,56)(H,48,49,50). The molecule has 3 aromatic heterocycles. The monoisotopic (exact) mass is 782 g/mol. The molecule has 15 heteroatoms. The molecule has 0 saturated carbocycles. The molecule has 57 heavy (non-hydrogen) atoms. The van der Waals surface area contributed by atoms with E-state index in [2.05, 4.69) is 30.4 Å². The number of hydrogen-bond donors (Lipinski definition) is 2. The number of para-hydroxylation sites is 1. The number of nitrogens with zero attached hydrogens (tertiary/aromatic N) is 6. The molecule has 3 aromatic carbocycles. The Labute approximate surface area is 325 Å². The molecule has 0 atom stereocenters. The molecule has 2 saturated heterocycles. The topological polar surface area (TPSA) is 99.9 Å². The minimum atomic E-state index is -4.63. The van der Waals surface area contributed by atoms with E-state index in [4.69, 9.17) is 9.72 Å². The van der Waals surface area contributed by atoms with Crippen LogP contribution in [0, 0.1) is 11.6 Å². The zero-order valence-corrected chi connectivity index (χ0v) is 31.0. The maximum absolute atomic E-state index is 14.3. The van der Waals surface area contributed by atoms with Crippen molar-refractivity contribution in [3.05, 3.63) is 114 Å². The van der Waals surface area contributed by atoms with E-state index in [1.165, 1.54) is 73.4 Å². The second kappa shape index (κ2) is 15.8. The second-order valence-corrected chi connectivity index (χ2v) is 14.2. The number of carbonyl (C=O) groups excluding carboxylic acids is 1. The van der Waals surface area contributed by atoms with E-state index in [1.54, 1.807) is 19.2 Å². The van der Waals surface area contributed by atoms with Crippen LogP contribution in [0.5, 0.6) is 5.75 Å². The number of methoxy groups -OCH3 is 1. The Hall–Kier alpha value is -6.09. The van der Waals surface area contributed by atoms with Gasteiger partial charge in [-0.2, -0.15) is 13.2 Å². The smallest absolute Gasteiger partial charge is 0.416 e. The number of halogens is 5. The molecule has 0 bridgehead atoms. The quantitative estimate of drug-likeness (QED) is 0.140. The van der Waals surface area contributed by atoms with Crippen LogP contribution in [0.3, 0.4) is 0 Å². The molecule has 0 unspecified atom stereocenters. The number of hydrogen-bond acceptors (Lipinski definition) is 8. The van der Waals surface area contributed by atoms with Gasteiger partial charge in [0.2, 0.25) is 5.95 Å². The molecule has 1 amide bonds. The lowest BCUT2D eigenvalue weighted by Crippen LogP contribution is -2.46. The summed E-state index contributed by atoms with van der Waals surface area (Å²) in [6.07, 6.45) is 4.23. The highest BCUT2D eigenvalue weighted by molar-refractivity contribution is 6.05. The fourth-order valence-corrected chi connectivity index (χ4v) is 7.70. The van der Waals surface area contributed by atoms with Gasteiger partial charge in [0.05, 0.1) is 35.4 Å². The predicted molar refractivity (Wildman–Crippen MR) is 208 cm³/mol. The maximum atomic E-state index is 14.3. The summed E-state index contributed by atoms with van der Waals surface area (Å²) in [5.74, 6) is -1.94. The predicted octanol–water partition coefficient (Wildman–Crippen LogP) is 9.21. The number of nitrogens with one attached hydrogen (secondary N) is 2. The Kier molecular flexibility index (Phi) is 10.5. The number of amides is 1. The van der Waals surface area contributed by atoms with Crippen LogP contribution < -0.4 is 20.3 Å². The molecule has 2 fully saturated rings. The van der Waals surface area contributed by atoms with E-state index in [1.807, 2.05) is 18.2 Å². The van der Waals surface area contributed by atoms with E-state index in [9.17, 15) is 26.7 Å². The molecular weight excluding hydrogens is 744 g/mol. The van der Waals surface area contributed by atoms with Gasteiger partial charge in [0.1, 0.15) is 28.7 Å². The van der Waals surface area contributed by atoms with Crippen molar-refractivity contribution >= 4 is 34.6 Å². The van der Waals surface area contributed by atoms with Crippen molar-refractivity contribution in [2.24, 2.45) is 0 Å². The molecular formula is C42H39F5N8O2. The number of carbonyl (C=O) groups is 1. The van der Waals surface area contributed by atoms with Crippen molar-refractivity contribution in [2.75, 3.05) is 48.8 Å². The van der Waals surface area contributed by atoms with E-state index in [0.29, 0.717) is 34.4 Å². The Bertz CT molecular complexity index is 2400. The lowest BCUT2D eigenvalue weighted by Gasteiger charge is -2.41. The summed E-state index contributed by atoms with van der Waals surface area (Å²) in [4.78, 5) is 32.0. The number of piperidine rings is 2. The lowest BCUT2D eigenvalue weighted by atomic mass is 9.99. The highest BCUT2D eigenvalue weighted by Crippen LogP contribution is 2.37. The number of anilines is 4. The van der Waals surface area contributed by atoms with Crippen LogP contribution in [-0.4, -0.2) is 69.5 Å². The van der Waals surface area contributed by atoms with Gasteiger partial charge in [0, 0.05) is 54.4 Å². The van der Waals surface area contributed by atoms with Crippen LogP contribution in [-0.2, 0) is 6.18 Å². The lowest BCUT2D eigenvalue weighted by molar-refractivity contribution is -0.137. The molecule has 0 spiro atoms. The van der Waals surface area contributed by atoms with Crippen molar-refractivity contribution in [3.8, 4) is 28.4 Å². The number of fused-ring (bicyclic) bond motifs is 1. The molecule has 5 heterocycles. The van der Waals surface area contributed by atoms with Gasteiger partial charge >= 0.3 is 6.18 Å². The van der Waals surface area contributed by atoms with Gasteiger partial charge in [-0.15, -0.1) is 0 Å². The second-order valence-electron chi connectivity index (χ2n) is 14.2. The molecule has 294 valence electrons. The largest absolute Gasteiger partial charge is 0.494 e. The van der Waals surface area contributed by atoms with Gasteiger partial charge in [-0.1, -0.05) is 24.6 Å². The fourth-order valence-electron chi connectivity index (χ4n) is 7.70. The van der Waals surface area contributed by atoms with Crippen LogP contribution >= 0.6 is 0 Å². The van der Waals surface area contributed by atoms with Crippen molar-refractivity contribution < 1.29 is 31.5 Å². The Balaban J connectivity index is 1.09. The van der Waals surface area contributed by atoms with Crippen LogP contribution in [0.25, 0.3) is 28.3 Å². The summed E-state index contributed by atoms with van der Waals surface area (Å²) in [5, 5.41) is 5.50. The van der Waals surface area contributed by atoms with Crippen LogP contribution in [0.15, 0.2) is 91.3 Å². The number of ether oxygens (including phenoxy) is 1. The normalized spacial score (nSPS) is 15.5. The molecule has 8 rings (SSSR count). The van der Waals surface area contributed by atoms with Gasteiger partial charge in [-0.05, 0) is 93.4 Å². The number of imidazole rings is 1. The first-order valence-electron chi connectivity index (χ1n) is 18.8. The van der Waals surface area contributed by atoms with E-state index in [0.717, 1.165) is 55.9 Å². The van der Waals surface area contributed by atoms with E-state index in [-0.39, 0.29) is 22.9 Å². The highest BCUT2D eigenvalue weighted by atomic mass is 19.4. The third-order valence-electron chi connectivity index (χ3n) is 10.6. The van der Waals surface area contributed by atoms with Crippen LogP contribution in [0.2, 0.25) is 0 Å².